The maximum atomic E-state index is 13.5. The minimum atomic E-state index is -1.35. The molecular formula is C24H33F3. The second-order valence-corrected chi connectivity index (χ2v) is 9.81. The first kappa shape index (κ1) is 19.3. The van der Waals surface area contributed by atoms with E-state index in [1.165, 1.54) is 63.5 Å². The summed E-state index contributed by atoms with van der Waals surface area (Å²) < 4.78 is 40.3. The van der Waals surface area contributed by atoms with Gasteiger partial charge in [0.15, 0.2) is 17.5 Å². The Kier molecular flexibility index (Phi) is 5.58. The van der Waals surface area contributed by atoms with Gasteiger partial charge in [-0.2, -0.15) is 0 Å². The molecule has 0 saturated heterocycles. The third kappa shape index (κ3) is 3.93. The highest BCUT2D eigenvalue weighted by atomic mass is 19.2. The molecule has 0 radical (unpaired) electrons. The molecule has 27 heavy (non-hydrogen) atoms. The molecule has 3 aliphatic carbocycles. The molecule has 0 aromatic heterocycles. The van der Waals surface area contributed by atoms with Crippen molar-refractivity contribution in [2.75, 3.05) is 0 Å². The van der Waals surface area contributed by atoms with Gasteiger partial charge in [-0.05, 0) is 111 Å². The van der Waals surface area contributed by atoms with Gasteiger partial charge in [-0.3, -0.25) is 0 Å². The Morgan fingerprint density at radius 3 is 1.96 bits per heavy atom. The molecular weight excluding hydrogens is 345 g/mol. The largest absolute Gasteiger partial charge is 0.204 e. The molecule has 1 aromatic rings. The van der Waals surface area contributed by atoms with Crippen LogP contribution >= 0.6 is 0 Å². The van der Waals surface area contributed by atoms with E-state index in [4.69, 9.17) is 0 Å². The minimum Gasteiger partial charge on any atom is -0.204 e. The number of hydrogen-bond donors (Lipinski definition) is 0. The fraction of sp³-hybridized carbons (Fsp3) is 0.750. The number of hydrogen-bond acceptors (Lipinski definition) is 0. The molecule has 0 heterocycles. The lowest BCUT2D eigenvalue weighted by atomic mass is 9.52. The fourth-order valence-corrected chi connectivity index (χ4v) is 6.64. The van der Waals surface area contributed by atoms with Crippen molar-refractivity contribution in [3.63, 3.8) is 0 Å². The van der Waals surface area contributed by atoms with Crippen LogP contribution in [0.15, 0.2) is 12.1 Å². The van der Waals surface area contributed by atoms with Gasteiger partial charge in [0.25, 0.3) is 0 Å². The molecule has 0 unspecified atom stereocenters. The van der Waals surface area contributed by atoms with Crippen LogP contribution in [0.4, 0.5) is 13.2 Å². The summed E-state index contributed by atoms with van der Waals surface area (Å²) in [5.74, 6) is -0.636. The van der Waals surface area contributed by atoms with Gasteiger partial charge in [0.1, 0.15) is 0 Å². The standard InChI is InChI=1S/C24H33F3/c1-2-3-16-14-24(15-16)10-8-19(9-11-24)17-4-6-18(7-5-17)20-12-21(25)23(27)22(26)13-20/h12-13,16-19H,2-11,14-15H2,1H3/t16?,17-,18-,19?,24?. The summed E-state index contributed by atoms with van der Waals surface area (Å²) in [6, 6.07) is 2.41. The van der Waals surface area contributed by atoms with E-state index in [9.17, 15) is 13.2 Å². The summed E-state index contributed by atoms with van der Waals surface area (Å²) >= 11 is 0. The van der Waals surface area contributed by atoms with Crippen LogP contribution in [0, 0.1) is 40.6 Å². The van der Waals surface area contributed by atoms with Crippen molar-refractivity contribution in [1.82, 2.24) is 0 Å². The molecule has 0 aliphatic heterocycles. The van der Waals surface area contributed by atoms with Gasteiger partial charge < -0.3 is 0 Å². The van der Waals surface area contributed by atoms with Gasteiger partial charge in [-0.15, -0.1) is 0 Å². The summed E-state index contributed by atoms with van der Waals surface area (Å²) in [7, 11) is 0. The van der Waals surface area contributed by atoms with Gasteiger partial charge >= 0.3 is 0 Å². The summed E-state index contributed by atoms with van der Waals surface area (Å²) in [5, 5.41) is 0. The molecule has 0 N–H and O–H groups in total. The number of rotatable bonds is 4. The molecule has 150 valence electrons. The zero-order valence-corrected chi connectivity index (χ0v) is 16.6. The Morgan fingerprint density at radius 2 is 1.41 bits per heavy atom. The third-order valence-corrected chi connectivity index (χ3v) is 8.15. The molecule has 0 bridgehead atoms. The lowest BCUT2D eigenvalue weighted by Gasteiger charge is -2.53. The Bertz CT molecular complexity index is 621. The monoisotopic (exact) mass is 378 g/mol. The maximum absolute atomic E-state index is 13.5. The van der Waals surface area contributed by atoms with Crippen LogP contribution in [0.3, 0.4) is 0 Å². The highest BCUT2D eigenvalue weighted by Gasteiger charge is 2.46. The smallest absolute Gasteiger partial charge is 0.194 e. The predicted molar refractivity (Wildman–Crippen MR) is 103 cm³/mol. The predicted octanol–water partition coefficient (Wildman–Crippen LogP) is 7.76. The molecule has 3 heteroatoms. The SMILES string of the molecule is CCCC1CC2(CCC([C@H]3CC[C@H](c4cc(F)c(F)c(F)c4)CC3)CC2)C1. The summed E-state index contributed by atoms with van der Waals surface area (Å²) in [6.45, 7) is 2.30. The van der Waals surface area contributed by atoms with Gasteiger partial charge in [0.05, 0.1) is 0 Å². The maximum Gasteiger partial charge on any atom is 0.194 e. The van der Waals surface area contributed by atoms with E-state index >= 15 is 0 Å². The lowest BCUT2D eigenvalue weighted by Crippen LogP contribution is -2.41. The van der Waals surface area contributed by atoms with E-state index in [-0.39, 0.29) is 5.92 Å². The zero-order chi connectivity index (χ0) is 19.0. The van der Waals surface area contributed by atoms with Crippen molar-refractivity contribution >= 4 is 0 Å². The Morgan fingerprint density at radius 1 is 0.852 bits per heavy atom. The van der Waals surface area contributed by atoms with Crippen molar-refractivity contribution in [1.29, 1.82) is 0 Å². The summed E-state index contributed by atoms with van der Waals surface area (Å²) in [6.07, 6.45) is 15.6. The van der Waals surface area contributed by atoms with Gasteiger partial charge in [-0.25, -0.2) is 13.2 Å². The number of benzene rings is 1. The van der Waals surface area contributed by atoms with Crippen LogP contribution in [0.5, 0.6) is 0 Å². The van der Waals surface area contributed by atoms with Crippen LogP contribution < -0.4 is 0 Å². The van der Waals surface area contributed by atoms with Crippen molar-refractivity contribution in [2.24, 2.45) is 23.2 Å². The summed E-state index contributed by atoms with van der Waals surface area (Å²) in [4.78, 5) is 0. The van der Waals surface area contributed by atoms with Gasteiger partial charge in [-0.1, -0.05) is 19.8 Å². The molecule has 1 spiro atoms. The van der Waals surface area contributed by atoms with E-state index in [0.29, 0.717) is 11.0 Å². The van der Waals surface area contributed by atoms with Gasteiger partial charge in [0, 0.05) is 0 Å². The molecule has 0 nitrogen and oxygen atoms in total. The molecule has 3 fully saturated rings. The number of halogens is 3. The molecule has 0 atom stereocenters. The van der Waals surface area contributed by atoms with E-state index in [1.807, 2.05) is 0 Å². The van der Waals surface area contributed by atoms with Crippen molar-refractivity contribution in [3.05, 3.63) is 35.1 Å². The van der Waals surface area contributed by atoms with Crippen LogP contribution in [-0.2, 0) is 0 Å². The minimum absolute atomic E-state index is 0.183. The zero-order valence-electron chi connectivity index (χ0n) is 16.6. The van der Waals surface area contributed by atoms with Crippen LogP contribution in [-0.4, -0.2) is 0 Å². The Balaban J connectivity index is 1.27. The fourth-order valence-electron chi connectivity index (χ4n) is 6.64. The molecule has 3 saturated carbocycles. The van der Waals surface area contributed by atoms with Crippen molar-refractivity contribution < 1.29 is 13.2 Å². The second kappa shape index (κ2) is 7.79. The molecule has 1 aromatic carbocycles. The molecule has 3 aliphatic rings. The topological polar surface area (TPSA) is 0 Å². The van der Waals surface area contributed by atoms with Crippen LogP contribution in [0.1, 0.15) is 95.5 Å². The van der Waals surface area contributed by atoms with Crippen molar-refractivity contribution in [2.45, 2.75) is 89.9 Å². The average Bonchev–Trinajstić information content (AvgIpc) is 2.65. The van der Waals surface area contributed by atoms with E-state index in [2.05, 4.69) is 6.92 Å². The lowest BCUT2D eigenvalue weighted by molar-refractivity contribution is -0.0156. The quantitative estimate of drug-likeness (QED) is 0.470. The van der Waals surface area contributed by atoms with E-state index in [1.54, 1.807) is 0 Å². The average molecular weight is 379 g/mol. The van der Waals surface area contributed by atoms with Gasteiger partial charge in [0.2, 0.25) is 0 Å². The molecule has 4 rings (SSSR count). The Labute approximate surface area is 161 Å². The highest BCUT2D eigenvalue weighted by Crippen LogP contribution is 2.58. The van der Waals surface area contributed by atoms with Crippen LogP contribution in [0.2, 0.25) is 0 Å². The first-order valence-corrected chi connectivity index (χ1v) is 11.1. The first-order valence-electron chi connectivity index (χ1n) is 11.1. The highest BCUT2D eigenvalue weighted by molar-refractivity contribution is 5.23. The van der Waals surface area contributed by atoms with E-state index in [0.717, 1.165) is 43.4 Å². The third-order valence-electron chi connectivity index (χ3n) is 8.15. The second-order valence-electron chi connectivity index (χ2n) is 9.81. The van der Waals surface area contributed by atoms with Crippen LogP contribution in [0.25, 0.3) is 0 Å². The normalized spacial score (nSPS) is 36.6. The Hall–Kier alpha value is -0.990. The van der Waals surface area contributed by atoms with Crippen molar-refractivity contribution in [3.8, 4) is 0 Å². The first-order chi connectivity index (χ1) is 13.0. The van der Waals surface area contributed by atoms with E-state index < -0.39 is 17.5 Å². The molecule has 0 amide bonds. The summed E-state index contributed by atoms with van der Waals surface area (Å²) in [5.41, 5.74) is 1.33.